The van der Waals surface area contributed by atoms with E-state index in [1.807, 2.05) is 0 Å². The molecular formula is C11H18. The predicted molar refractivity (Wildman–Crippen MR) is 46.2 cm³/mol. The molecule has 62 valence electrons. The van der Waals surface area contributed by atoms with E-state index in [1.54, 1.807) is 19.3 Å². The maximum Gasteiger partial charge on any atom is -0.0256 e. The summed E-state index contributed by atoms with van der Waals surface area (Å²) in [5.41, 5.74) is 0.921. The Labute approximate surface area is 69.4 Å². The van der Waals surface area contributed by atoms with Crippen molar-refractivity contribution in [3.63, 3.8) is 0 Å². The third kappa shape index (κ3) is 0.588. The van der Waals surface area contributed by atoms with Crippen molar-refractivity contribution < 1.29 is 0 Å². The normalized spacial score (nSPS) is 64.9. The van der Waals surface area contributed by atoms with Crippen LogP contribution in [-0.4, -0.2) is 0 Å². The molecule has 3 aliphatic rings. The number of hydrogen-bond acceptors (Lipinski definition) is 0. The molecule has 3 unspecified atom stereocenters. The molecule has 3 aliphatic carbocycles. The molecule has 0 radical (unpaired) electrons. The highest BCUT2D eigenvalue weighted by molar-refractivity contribution is 5.20. The van der Waals surface area contributed by atoms with Gasteiger partial charge >= 0.3 is 0 Å². The van der Waals surface area contributed by atoms with E-state index in [0.29, 0.717) is 0 Å². The van der Waals surface area contributed by atoms with Crippen molar-refractivity contribution in [3.05, 3.63) is 0 Å². The van der Waals surface area contributed by atoms with Gasteiger partial charge in [-0.1, -0.05) is 20.3 Å². The lowest BCUT2D eigenvalue weighted by Crippen LogP contribution is -2.45. The van der Waals surface area contributed by atoms with Crippen LogP contribution < -0.4 is 0 Å². The van der Waals surface area contributed by atoms with Crippen LogP contribution in [0.3, 0.4) is 0 Å². The fourth-order valence-corrected chi connectivity index (χ4v) is 4.13. The highest BCUT2D eigenvalue weighted by Crippen LogP contribution is 2.78. The van der Waals surface area contributed by atoms with Crippen LogP contribution in [0.25, 0.3) is 0 Å². The summed E-state index contributed by atoms with van der Waals surface area (Å²) >= 11 is 0. The molecule has 11 heavy (non-hydrogen) atoms. The minimum absolute atomic E-state index is 0.921. The van der Waals surface area contributed by atoms with Gasteiger partial charge in [-0.3, -0.25) is 0 Å². The highest BCUT2D eigenvalue weighted by Gasteiger charge is 2.71. The first-order chi connectivity index (χ1) is 5.27. The van der Waals surface area contributed by atoms with Crippen molar-refractivity contribution in [1.82, 2.24) is 0 Å². The van der Waals surface area contributed by atoms with E-state index in [4.69, 9.17) is 0 Å². The van der Waals surface area contributed by atoms with Gasteiger partial charge in [-0.25, -0.2) is 0 Å². The van der Waals surface area contributed by atoms with E-state index in [9.17, 15) is 0 Å². The Morgan fingerprint density at radius 2 is 2.00 bits per heavy atom. The van der Waals surface area contributed by atoms with Crippen LogP contribution in [0, 0.1) is 29.1 Å². The first kappa shape index (κ1) is 6.51. The third-order valence-electron chi connectivity index (χ3n) is 4.88. The molecule has 0 heteroatoms. The summed E-state index contributed by atoms with van der Waals surface area (Å²) in [5, 5.41) is 0. The quantitative estimate of drug-likeness (QED) is 0.539. The SMILES string of the molecule is CCC1CC2(C1)CC1C(C)C12. The van der Waals surface area contributed by atoms with Crippen LogP contribution >= 0.6 is 0 Å². The fraction of sp³-hybridized carbons (Fsp3) is 1.00. The first-order valence-electron chi connectivity index (χ1n) is 5.27. The summed E-state index contributed by atoms with van der Waals surface area (Å²) in [4.78, 5) is 0. The van der Waals surface area contributed by atoms with E-state index >= 15 is 0 Å². The maximum absolute atomic E-state index is 2.46. The Bertz CT molecular complexity index is 184. The average molecular weight is 150 g/mol. The summed E-state index contributed by atoms with van der Waals surface area (Å²) in [6.07, 6.45) is 6.23. The Kier molecular flexibility index (Phi) is 0.990. The first-order valence-corrected chi connectivity index (χ1v) is 5.27. The molecule has 0 aromatic rings. The highest BCUT2D eigenvalue weighted by atomic mass is 14.8. The van der Waals surface area contributed by atoms with E-state index in [2.05, 4.69) is 13.8 Å². The lowest BCUT2D eigenvalue weighted by Gasteiger charge is -2.54. The fourth-order valence-electron chi connectivity index (χ4n) is 4.13. The van der Waals surface area contributed by atoms with Crippen LogP contribution in [0.1, 0.15) is 39.5 Å². The minimum atomic E-state index is 0.921. The lowest BCUT2D eigenvalue weighted by atomic mass is 9.51. The zero-order chi connectivity index (χ0) is 7.64. The van der Waals surface area contributed by atoms with Crippen LogP contribution in [0.2, 0.25) is 0 Å². The molecule has 0 aliphatic heterocycles. The molecule has 0 aromatic heterocycles. The van der Waals surface area contributed by atoms with Gasteiger partial charge in [0.25, 0.3) is 0 Å². The van der Waals surface area contributed by atoms with Crippen molar-refractivity contribution >= 4 is 0 Å². The molecule has 0 amide bonds. The van der Waals surface area contributed by atoms with Gasteiger partial charge in [-0.2, -0.15) is 0 Å². The Morgan fingerprint density at radius 1 is 1.27 bits per heavy atom. The van der Waals surface area contributed by atoms with Crippen molar-refractivity contribution in [1.29, 1.82) is 0 Å². The summed E-state index contributed by atoms with van der Waals surface area (Å²) < 4.78 is 0. The molecule has 3 fully saturated rings. The van der Waals surface area contributed by atoms with Gasteiger partial charge in [0.15, 0.2) is 0 Å². The number of rotatable bonds is 1. The second-order valence-electron chi connectivity index (χ2n) is 5.30. The molecule has 0 nitrogen and oxygen atoms in total. The summed E-state index contributed by atoms with van der Waals surface area (Å²) in [5.74, 6) is 4.62. The zero-order valence-electron chi connectivity index (χ0n) is 7.64. The molecule has 3 rings (SSSR count). The molecule has 0 saturated heterocycles. The molecule has 0 N–H and O–H groups in total. The second-order valence-corrected chi connectivity index (χ2v) is 5.30. The monoisotopic (exact) mass is 150 g/mol. The van der Waals surface area contributed by atoms with E-state index < -0.39 is 0 Å². The summed E-state index contributed by atoms with van der Waals surface area (Å²) in [6, 6.07) is 0. The molecule has 3 saturated carbocycles. The number of fused-ring (bicyclic) bond motifs is 2. The minimum Gasteiger partial charge on any atom is -0.0651 e. The standard InChI is InChI=1S/C11H18/c1-3-8-4-11(5-8)6-9-7(2)10(9)11/h7-10H,3-6H2,1-2H3. The van der Waals surface area contributed by atoms with Crippen LogP contribution in [-0.2, 0) is 0 Å². The smallest absolute Gasteiger partial charge is 0.0256 e. The van der Waals surface area contributed by atoms with Crippen LogP contribution in [0.15, 0.2) is 0 Å². The molecule has 0 heterocycles. The van der Waals surface area contributed by atoms with Crippen LogP contribution in [0.5, 0.6) is 0 Å². The van der Waals surface area contributed by atoms with E-state index in [0.717, 1.165) is 17.3 Å². The average Bonchev–Trinajstić information content (AvgIpc) is 2.32. The van der Waals surface area contributed by atoms with Crippen LogP contribution in [0.4, 0.5) is 0 Å². The van der Waals surface area contributed by atoms with E-state index in [1.165, 1.54) is 18.3 Å². The van der Waals surface area contributed by atoms with E-state index in [-0.39, 0.29) is 0 Å². The molecule has 1 spiro atoms. The summed E-state index contributed by atoms with van der Waals surface area (Å²) in [7, 11) is 0. The van der Waals surface area contributed by atoms with Gasteiger partial charge in [-0.05, 0) is 48.3 Å². The van der Waals surface area contributed by atoms with Crippen molar-refractivity contribution in [2.24, 2.45) is 29.1 Å². The van der Waals surface area contributed by atoms with Crippen molar-refractivity contribution in [3.8, 4) is 0 Å². The summed E-state index contributed by atoms with van der Waals surface area (Å²) in [6.45, 7) is 4.81. The predicted octanol–water partition coefficient (Wildman–Crippen LogP) is 3.08. The molecule has 3 atom stereocenters. The van der Waals surface area contributed by atoms with Gasteiger partial charge in [0, 0.05) is 0 Å². The van der Waals surface area contributed by atoms with Gasteiger partial charge < -0.3 is 0 Å². The molecule has 0 bridgehead atoms. The topological polar surface area (TPSA) is 0 Å². The lowest BCUT2D eigenvalue weighted by molar-refractivity contribution is -0.0406. The Balaban J connectivity index is 1.66. The van der Waals surface area contributed by atoms with Gasteiger partial charge in [0.1, 0.15) is 0 Å². The molecular weight excluding hydrogens is 132 g/mol. The largest absolute Gasteiger partial charge is 0.0651 e. The van der Waals surface area contributed by atoms with Crippen molar-refractivity contribution in [2.45, 2.75) is 39.5 Å². The maximum atomic E-state index is 2.46. The van der Waals surface area contributed by atoms with Gasteiger partial charge in [-0.15, -0.1) is 0 Å². The van der Waals surface area contributed by atoms with Crippen molar-refractivity contribution in [2.75, 3.05) is 0 Å². The molecule has 0 aromatic carbocycles. The van der Waals surface area contributed by atoms with Gasteiger partial charge in [0.2, 0.25) is 0 Å². The third-order valence-corrected chi connectivity index (χ3v) is 4.88. The zero-order valence-corrected chi connectivity index (χ0v) is 7.64. The van der Waals surface area contributed by atoms with Gasteiger partial charge in [0.05, 0.1) is 0 Å². The number of hydrogen-bond donors (Lipinski definition) is 0. The Morgan fingerprint density at radius 3 is 2.36 bits per heavy atom. The Hall–Kier alpha value is 0. The second kappa shape index (κ2) is 1.67.